The molecule has 1 fully saturated rings. The van der Waals surface area contributed by atoms with Gasteiger partial charge in [0.1, 0.15) is 6.07 Å². The first-order chi connectivity index (χ1) is 8.24. The molecule has 90 valence electrons. The third-order valence-electron chi connectivity index (χ3n) is 3.25. The molecule has 0 spiro atoms. The first kappa shape index (κ1) is 12.2. The fourth-order valence-electron chi connectivity index (χ4n) is 2.31. The van der Waals surface area contributed by atoms with E-state index in [1.54, 1.807) is 6.07 Å². The van der Waals surface area contributed by atoms with Crippen LogP contribution in [0, 0.1) is 11.3 Å². The Labute approximate surface area is 107 Å². The standard InChI is InChI=1S/C13H16ClN3/c1-16-12-3-2-6-17(9-12)13-5-4-11(14)7-10(13)8-15/h4-5,7,12,16H,2-3,6,9H2,1H3. The molecule has 0 aliphatic carbocycles. The van der Waals surface area contributed by atoms with Gasteiger partial charge in [-0.2, -0.15) is 5.26 Å². The van der Waals surface area contributed by atoms with Crippen LogP contribution in [0.15, 0.2) is 18.2 Å². The van der Waals surface area contributed by atoms with Gasteiger partial charge in [-0.05, 0) is 38.1 Å². The molecular formula is C13H16ClN3. The number of nitrogens with one attached hydrogen (secondary N) is 1. The second kappa shape index (κ2) is 5.39. The number of nitrogens with zero attached hydrogens (tertiary/aromatic N) is 2. The Balaban J connectivity index is 2.24. The van der Waals surface area contributed by atoms with Crippen molar-refractivity contribution in [1.82, 2.24) is 5.32 Å². The first-order valence-electron chi connectivity index (χ1n) is 5.86. The maximum Gasteiger partial charge on any atom is 0.101 e. The number of nitriles is 1. The average molecular weight is 250 g/mol. The molecular weight excluding hydrogens is 234 g/mol. The predicted octanol–water partition coefficient (Wildman–Crippen LogP) is 2.40. The maximum atomic E-state index is 9.15. The smallest absolute Gasteiger partial charge is 0.101 e. The van der Waals surface area contributed by atoms with E-state index < -0.39 is 0 Å². The molecule has 0 bridgehead atoms. The van der Waals surface area contributed by atoms with Gasteiger partial charge in [-0.1, -0.05) is 11.6 Å². The van der Waals surface area contributed by atoms with E-state index in [1.165, 1.54) is 6.42 Å². The van der Waals surface area contributed by atoms with E-state index in [4.69, 9.17) is 16.9 Å². The Hall–Kier alpha value is -1.24. The lowest BCUT2D eigenvalue weighted by Gasteiger charge is -2.34. The summed E-state index contributed by atoms with van der Waals surface area (Å²) in [4.78, 5) is 2.26. The van der Waals surface area contributed by atoms with Crippen molar-refractivity contribution in [3.8, 4) is 6.07 Å². The van der Waals surface area contributed by atoms with Crippen LogP contribution in [0.1, 0.15) is 18.4 Å². The van der Waals surface area contributed by atoms with Crippen molar-refractivity contribution in [2.24, 2.45) is 0 Å². The molecule has 1 aliphatic heterocycles. The van der Waals surface area contributed by atoms with Crippen LogP contribution in [0.3, 0.4) is 0 Å². The molecule has 1 aromatic carbocycles. The van der Waals surface area contributed by atoms with Gasteiger partial charge in [-0.3, -0.25) is 0 Å². The Bertz CT molecular complexity index is 439. The van der Waals surface area contributed by atoms with Crippen LogP contribution in [0.5, 0.6) is 0 Å². The summed E-state index contributed by atoms with van der Waals surface area (Å²) >= 11 is 5.91. The largest absolute Gasteiger partial charge is 0.369 e. The van der Waals surface area contributed by atoms with Gasteiger partial charge in [0.2, 0.25) is 0 Å². The van der Waals surface area contributed by atoms with E-state index >= 15 is 0 Å². The molecule has 3 nitrogen and oxygen atoms in total. The molecule has 1 aliphatic rings. The Kier molecular flexibility index (Phi) is 3.88. The number of anilines is 1. The van der Waals surface area contributed by atoms with E-state index in [0.29, 0.717) is 16.6 Å². The fourth-order valence-corrected chi connectivity index (χ4v) is 2.48. The van der Waals surface area contributed by atoms with Gasteiger partial charge >= 0.3 is 0 Å². The van der Waals surface area contributed by atoms with Crippen LogP contribution in [-0.2, 0) is 0 Å². The molecule has 0 saturated carbocycles. The number of likely N-dealkylation sites (N-methyl/N-ethyl adjacent to an activating group) is 1. The third kappa shape index (κ3) is 2.71. The minimum Gasteiger partial charge on any atom is -0.369 e. The van der Waals surface area contributed by atoms with Crippen LogP contribution in [0.25, 0.3) is 0 Å². The topological polar surface area (TPSA) is 39.1 Å². The molecule has 17 heavy (non-hydrogen) atoms. The van der Waals surface area contributed by atoms with Gasteiger partial charge < -0.3 is 10.2 Å². The minimum atomic E-state index is 0.506. The molecule has 1 aromatic rings. The van der Waals surface area contributed by atoms with Crippen molar-refractivity contribution < 1.29 is 0 Å². The van der Waals surface area contributed by atoms with Gasteiger partial charge in [0.05, 0.1) is 11.3 Å². The van der Waals surface area contributed by atoms with Gasteiger partial charge in [0.25, 0.3) is 0 Å². The maximum absolute atomic E-state index is 9.15. The fraction of sp³-hybridized carbons (Fsp3) is 0.462. The Morgan fingerprint density at radius 1 is 1.53 bits per heavy atom. The summed E-state index contributed by atoms with van der Waals surface area (Å²) in [7, 11) is 1.99. The average Bonchev–Trinajstić information content (AvgIpc) is 2.38. The zero-order valence-electron chi connectivity index (χ0n) is 9.91. The van der Waals surface area contributed by atoms with Gasteiger partial charge in [-0.25, -0.2) is 0 Å². The molecule has 1 saturated heterocycles. The van der Waals surface area contributed by atoms with Gasteiger partial charge in [-0.15, -0.1) is 0 Å². The highest BCUT2D eigenvalue weighted by Crippen LogP contribution is 2.26. The molecule has 1 heterocycles. The zero-order chi connectivity index (χ0) is 12.3. The van der Waals surface area contributed by atoms with Crippen molar-refractivity contribution in [2.45, 2.75) is 18.9 Å². The number of hydrogen-bond acceptors (Lipinski definition) is 3. The monoisotopic (exact) mass is 249 g/mol. The Morgan fingerprint density at radius 2 is 2.35 bits per heavy atom. The van der Waals surface area contributed by atoms with Crippen LogP contribution in [-0.4, -0.2) is 26.2 Å². The number of benzene rings is 1. The lowest BCUT2D eigenvalue weighted by molar-refractivity contribution is 0.449. The van der Waals surface area contributed by atoms with E-state index in [2.05, 4.69) is 16.3 Å². The number of hydrogen-bond donors (Lipinski definition) is 1. The van der Waals surface area contributed by atoms with Crippen LogP contribution in [0.4, 0.5) is 5.69 Å². The predicted molar refractivity (Wildman–Crippen MR) is 70.5 cm³/mol. The highest BCUT2D eigenvalue weighted by molar-refractivity contribution is 6.30. The summed E-state index contributed by atoms with van der Waals surface area (Å²) < 4.78 is 0. The summed E-state index contributed by atoms with van der Waals surface area (Å²) in [5.74, 6) is 0. The third-order valence-corrected chi connectivity index (χ3v) is 3.48. The normalized spacial score (nSPS) is 20.1. The summed E-state index contributed by atoms with van der Waals surface area (Å²) in [6.45, 7) is 1.96. The van der Waals surface area contributed by atoms with Crippen LogP contribution < -0.4 is 10.2 Å². The van der Waals surface area contributed by atoms with E-state index in [9.17, 15) is 0 Å². The zero-order valence-corrected chi connectivity index (χ0v) is 10.7. The summed E-state index contributed by atoms with van der Waals surface area (Å²) in [5.41, 5.74) is 1.66. The van der Waals surface area contributed by atoms with Crippen molar-refractivity contribution in [3.05, 3.63) is 28.8 Å². The summed E-state index contributed by atoms with van der Waals surface area (Å²) in [6, 6.07) is 8.25. The van der Waals surface area contributed by atoms with E-state index in [0.717, 1.165) is 25.2 Å². The SMILES string of the molecule is CNC1CCCN(c2ccc(Cl)cc2C#N)C1. The van der Waals surface area contributed by atoms with Gasteiger partial charge in [0.15, 0.2) is 0 Å². The molecule has 0 aromatic heterocycles. The first-order valence-corrected chi connectivity index (χ1v) is 6.24. The summed E-state index contributed by atoms with van der Waals surface area (Å²) in [6.07, 6.45) is 2.35. The van der Waals surface area contributed by atoms with E-state index in [-0.39, 0.29) is 0 Å². The molecule has 1 N–H and O–H groups in total. The summed E-state index contributed by atoms with van der Waals surface area (Å²) in [5, 5.41) is 13.1. The van der Waals surface area contributed by atoms with Gasteiger partial charge in [0, 0.05) is 24.2 Å². The number of rotatable bonds is 2. The van der Waals surface area contributed by atoms with Crippen LogP contribution in [0.2, 0.25) is 5.02 Å². The number of piperidine rings is 1. The molecule has 1 unspecified atom stereocenters. The quantitative estimate of drug-likeness (QED) is 0.875. The second-order valence-electron chi connectivity index (χ2n) is 4.35. The van der Waals surface area contributed by atoms with Crippen LogP contribution >= 0.6 is 11.6 Å². The highest BCUT2D eigenvalue weighted by Gasteiger charge is 2.20. The minimum absolute atomic E-state index is 0.506. The van der Waals surface area contributed by atoms with Crippen molar-refractivity contribution in [2.75, 3.05) is 25.0 Å². The molecule has 4 heteroatoms. The van der Waals surface area contributed by atoms with Crippen molar-refractivity contribution in [1.29, 1.82) is 5.26 Å². The molecule has 0 radical (unpaired) electrons. The Morgan fingerprint density at radius 3 is 3.06 bits per heavy atom. The lowest BCUT2D eigenvalue weighted by Crippen LogP contribution is -2.44. The molecule has 0 amide bonds. The second-order valence-corrected chi connectivity index (χ2v) is 4.78. The van der Waals surface area contributed by atoms with E-state index in [1.807, 2.05) is 19.2 Å². The number of halogens is 1. The molecule has 1 atom stereocenters. The molecule has 2 rings (SSSR count). The highest BCUT2D eigenvalue weighted by atomic mass is 35.5. The van der Waals surface area contributed by atoms with Crippen molar-refractivity contribution >= 4 is 17.3 Å². The lowest BCUT2D eigenvalue weighted by atomic mass is 10.0. The van der Waals surface area contributed by atoms with Crippen molar-refractivity contribution in [3.63, 3.8) is 0 Å².